The van der Waals surface area contributed by atoms with Crippen molar-refractivity contribution in [3.8, 4) is 0 Å². The number of piperidine rings is 1. The molecule has 0 unspecified atom stereocenters. The van der Waals surface area contributed by atoms with Gasteiger partial charge in [0.2, 0.25) is 5.91 Å². The second-order valence-electron chi connectivity index (χ2n) is 5.79. The van der Waals surface area contributed by atoms with Crippen molar-refractivity contribution in [3.05, 3.63) is 33.8 Å². The number of likely N-dealkylation sites (tertiary alicyclic amines) is 1. The van der Waals surface area contributed by atoms with Crippen LogP contribution in [0.4, 0.5) is 0 Å². The first-order valence-corrected chi connectivity index (χ1v) is 8.15. The standard InChI is InChI=1S/C16H22Cl2N2O/c1-11-10-12(7-9-20(11)2)16(21)19-8-6-13-14(17)4-3-5-15(13)18/h3-5,11-12H,6-10H2,1-2H3,(H,19,21)/t11-,12-/m0/s1. The number of halogens is 2. The molecule has 1 amide bonds. The minimum atomic E-state index is 0.123. The summed E-state index contributed by atoms with van der Waals surface area (Å²) in [5.74, 6) is 0.274. The molecule has 2 atom stereocenters. The van der Waals surface area contributed by atoms with Gasteiger partial charge in [0.15, 0.2) is 0 Å². The van der Waals surface area contributed by atoms with Crippen molar-refractivity contribution in [2.24, 2.45) is 5.92 Å². The SMILES string of the molecule is C[C@H]1C[C@@H](C(=O)NCCc2c(Cl)cccc2Cl)CCN1C. The third-order valence-corrected chi connectivity index (χ3v) is 5.02. The molecule has 21 heavy (non-hydrogen) atoms. The van der Waals surface area contributed by atoms with Gasteiger partial charge in [0, 0.05) is 28.5 Å². The van der Waals surface area contributed by atoms with Crippen molar-refractivity contribution in [2.75, 3.05) is 20.1 Å². The quantitative estimate of drug-likeness (QED) is 0.918. The summed E-state index contributed by atoms with van der Waals surface area (Å²) in [6, 6.07) is 5.94. The number of hydrogen-bond donors (Lipinski definition) is 1. The number of nitrogens with one attached hydrogen (secondary N) is 1. The molecule has 0 aromatic heterocycles. The Morgan fingerprint density at radius 3 is 2.67 bits per heavy atom. The Bertz CT molecular complexity index is 487. The number of nitrogens with zero attached hydrogens (tertiary/aromatic N) is 1. The van der Waals surface area contributed by atoms with Crippen LogP contribution in [0.25, 0.3) is 0 Å². The number of carbonyl (C=O) groups excluding carboxylic acids is 1. The van der Waals surface area contributed by atoms with Gasteiger partial charge in [0.25, 0.3) is 0 Å². The first-order valence-electron chi connectivity index (χ1n) is 7.40. The van der Waals surface area contributed by atoms with Crippen LogP contribution in [0.5, 0.6) is 0 Å². The fraction of sp³-hybridized carbons (Fsp3) is 0.562. The average molecular weight is 329 g/mol. The van der Waals surface area contributed by atoms with E-state index in [-0.39, 0.29) is 11.8 Å². The van der Waals surface area contributed by atoms with Crippen LogP contribution in [-0.4, -0.2) is 37.0 Å². The molecule has 1 aliphatic heterocycles. The predicted molar refractivity (Wildman–Crippen MR) is 88.0 cm³/mol. The summed E-state index contributed by atoms with van der Waals surface area (Å²) >= 11 is 12.3. The molecule has 2 rings (SSSR count). The summed E-state index contributed by atoms with van der Waals surface area (Å²) in [7, 11) is 2.11. The molecular weight excluding hydrogens is 307 g/mol. The molecule has 1 fully saturated rings. The maximum absolute atomic E-state index is 12.2. The molecular formula is C16H22Cl2N2O. The van der Waals surface area contributed by atoms with Crippen molar-refractivity contribution < 1.29 is 4.79 Å². The first-order chi connectivity index (χ1) is 9.99. The molecule has 0 radical (unpaired) electrons. The minimum Gasteiger partial charge on any atom is -0.356 e. The maximum Gasteiger partial charge on any atom is 0.223 e. The van der Waals surface area contributed by atoms with Crippen molar-refractivity contribution in [3.63, 3.8) is 0 Å². The predicted octanol–water partition coefficient (Wildman–Crippen LogP) is 3.38. The molecule has 116 valence electrons. The van der Waals surface area contributed by atoms with E-state index in [2.05, 4.69) is 24.2 Å². The summed E-state index contributed by atoms with van der Waals surface area (Å²) in [6.07, 6.45) is 2.52. The van der Waals surface area contributed by atoms with Crippen LogP contribution in [0, 0.1) is 5.92 Å². The van der Waals surface area contributed by atoms with Gasteiger partial charge in [-0.2, -0.15) is 0 Å². The Kier molecular flexibility index (Phi) is 5.91. The molecule has 1 aromatic rings. The zero-order chi connectivity index (χ0) is 15.4. The zero-order valence-electron chi connectivity index (χ0n) is 12.5. The number of hydrogen-bond acceptors (Lipinski definition) is 2. The summed E-state index contributed by atoms with van der Waals surface area (Å²) in [5, 5.41) is 4.33. The van der Waals surface area contributed by atoms with Gasteiger partial charge >= 0.3 is 0 Å². The Morgan fingerprint density at radius 2 is 2.05 bits per heavy atom. The molecule has 0 saturated carbocycles. The Morgan fingerprint density at radius 1 is 1.38 bits per heavy atom. The van der Waals surface area contributed by atoms with Gasteiger partial charge in [-0.3, -0.25) is 4.79 Å². The summed E-state index contributed by atoms with van der Waals surface area (Å²) in [5.41, 5.74) is 0.901. The molecule has 1 heterocycles. The Hall–Kier alpha value is -0.770. The average Bonchev–Trinajstić information content (AvgIpc) is 2.45. The first kappa shape index (κ1) is 16.6. The molecule has 1 saturated heterocycles. The lowest BCUT2D eigenvalue weighted by Crippen LogP contribution is -2.43. The van der Waals surface area contributed by atoms with Crippen LogP contribution in [-0.2, 0) is 11.2 Å². The van der Waals surface area contributed by atoms with Crippen LogP contribution in [0.3, 0.4) is 0 Å². The van der Waals surface area contributed by atoms with Crippen LogP contribution >= 0.6 is 23.2 Å². The maximum atomic E-state index is 12.2. The number of benzene rings is 1. The van der Waals surface area contributed by atoms with Gasteiger partial charge < -0.3 is 10.2 Å². The van der Waals surface area contributed by atoms with Crippen molar-refractivity contribution in [1.29, 1.82) is 0 Å². The Balaban J connectivity index is 1.82. The molecule has 5 heteroatoms. The number of amides is 1. The lowest BCUT2D eigenvalue weighted by Gasteiger charge is -2.34. The lowest BCUT2D eigenvalue weighted by atomic mass is 9.91. The summed E-state index contributed by atoms with van der Waals surface area (Å²) < 4.78 is 0. The highest BCUT2D eigenvalue weighted by Crippen LogP contribution is 2.25. The van der Waals surface area contributed by atoms with Gasteiger partial charge in [-0.1, -0.05) is 29.3 Å². The van der Waals surface area contributed by atoms with Gasteiger partial charge in [-0.25, -0.2) is 0 Å². The summed E-state index contributed by atoms with van der Waals surface area (Å²) in [4.78, 5) is 14.5. The smallest absolute Gasteiger partial charge is 0.223 e. The second kappa shape index (κ2) is 7.48. The van der Waals surface area contributed by atoms with E-state index in [1.807, 2.05) is 18.2 Å². The van der Waals surface area contributed by atoms with E-state index in [9.17, 15) is 4.79 Å². The molecule has 3 nitrogen and oxygen atoms in total. The van der Waals surface area contributed by atoms with Crippen LogP contribution in [0.2, 0.25) is 10.0 Å². The molecule has 1 aliphatic rings. The van der Waals surface area contributed by atoms with E-state index in [1.54, 1.807) is 0 Å². The van der Waals surface area contributed by atoms with E-state index >= 15 is 0 Å². The summed E-state index contributed by atoms with van der Waals surface area (Å²) in [6.45, 7) is 3.72. The van der Waals surface area contributed by atoms with Crippen LogP contribution in [0.1, 0.15) is 25.3 Å². The van der Waals surface area contributed by atoms with Crippen molar-refractivity contribution in [1.82, 2.24) is 10.2 Å². The fourth-order valence-corrected chi connectivity index (χ4v) is 3.34. The molecule has 1 N–H and O–H groups in total. The van der Waals surface area contributed by atoms with E-state index in [1.165, 1.54) is 0 Å². The van der Waals surface area contributed by atoms with E-state index in [0.29, 0.717) is 29.1 Å². The van der Waals surface area contributed by atoms with E-state index in [4.69, 9.17) is 23.2 Å². The number of rotatable bonds is 4. The fourth-order valence-electron chi connectivity index (χ4n) is 2.75. The van der Waals surface area contributed by atoms with Gasteiger partial charge in [-0.05, 0) is 57.5 Å². The molecule has 1 aromatic carbocycles. The minimum absolute atomic E-state index is 0.123. The van der Waals surface area contributed by atoms with Gasteiger partial charge in [-0.15, -0.1) is 0 Å². The Labute approximate surface area is 136 Å². The third-order valence-electron chi connectivity index (χ3n) is 4.32. The largest absolute Gasteiger partial charge is 0.356 e. The van der Waals surface area contributed by atoms with E-state index < -0.39 is 0 Å². The van der Waals surface area contributed by atoms with Crippen LogP contribution < -0.4 is 5.32 Å². The van der Waals surface area contributed by atoms with Crippen LogP contribution in [0.15, 0.2) is 18.2 Å². The molecule has 0 spiro atoms. The van der Waals surface area contributed by atoms with Gasteiger partial charge in [0.1, 0.15) is 0 Å². The van der Waals surface area contributed by atoms with Crippen molar-refractivity contribution in [2.45, 2.75) is 32.2 Å². The van der Waals surface area contributed by atoms with Gasteiger partial charge in [0.05, 0.1) is 0 Å². The topological polar surface area (TPSA) is 32.3 Å². The third kappa shape index (κ3) is 4.35. The molecule has 0 aliphatic carbocycles. The highest BCUT2D eigenvalue weighted by atomic mass is 35.5. The van der Waals surface area contributed by atoms with Crippen molar-refractivity contribution >= 4 is 29.1 Å². The monoisotopic (exact) mass is 328 g/mol. The number of carbonyl (C=O) groups is 1. The second-order valence-corrected chi connectivity index (χ2v) is 6.61. The highest BCUT2D eigenvalue weighted by Gasteiger charge is 2.27. The normalized spacial score (nSPS) is 23.0. The highest BCUT2D eigenvalue weighted by molar-refractivity contribution is 6.35. The lowest BCUT2D eigenvalue weighted by molar-refractivity contribution is -0.126. The van der Waals surface area contributed by atoms with E-state index in [0.717, 1.165) is 24.9 Å². The zero-order valence-corrected chi connectivity index (χ0v) is 14.0. The molecule has 0 bridgehead atoms.